The van der Waals surface area contributed by atoms with E-state index in [0.717, 1.165) is 0 Å². The summed E-state index contributed by atoms with van der Waals surface area (Å²) >= 11 is 0. The van der Waals surface area contributed by atoms with Crippen molar-refractivity contribution in [1.82, 2.24) is 5.59 Å². The Morgan fingerprint density at radius 3 is 2.57 bits per heavy atom. The van der Waals surface area contributed by atoms with Crippen molar-refractivity contribution >= 4 is 6.72 Å². The summed E-state index contributed by atoms with van der Waals surface area (Å²) in [5, 5.41) is 12.2. The van der Waals surface area contributed by atoms with E-state index in [2.05, 4.69) is 16.8 Å². The van der Waals surface area contributed by atoms with Crippen LogP contribution in [0.4, 0.5) is 0 Å². The molecule has 7 heavy (non-hydrogen) atoms. The highest BCUT2D eigenvalue weighted by Crippen LogP contribution is 1.37. The van der Waals surface area contributed by atoms with Crippen LogP contribution in [0.25, 0.3) is 0 Å². The summed E-state index contributed by atoms with van der Waals surface area (Å²) in [5.41, 5.74) is 2.06. The molecule has 0 radical (unpaired) electrons. The molecule has 0 aromatic carbocycles. The Balaban J connectivity index is 0. The largest absolute Gasteiger partial charge is 1.00 e. The van der Waals surface area contributed by atoms with E-state index >= 15 is 0 Å². The maximum absolute atomic E-state index is 9.19. The van der Waals surface area contributed by atoms with Gasteiger partial charge in [0.2, 0.25) is 0 Å². The highest BCUT2D eigenvalue weighted by atomic mass is 127. The van der Waals surface area contributed by atoms with Crippen molar-refractivity contribution in [3.63, 3.8) is 0 Å². The maximum atomic E-state index is 9.19. The van der Waals surface area contributed by atoms with E-state index in [1.165, 1.54) is 0 Å². The van der Waals surface area contributed by atoms with Crippen LogP contribution in [0, 0.1) is 5.21 Å². The standard InChI is InChI=1S/CH5N3O2.HI/c1-2-3-6-4-5;/h3H,1,4H2;1H/p-1. The number of hydrogen-bond acceptors (Lipinski definition) is 4. The summed E-state index contributed by atoms with van der Waals surface area (Å²) in [7, 11) is 0. The van der Waals surface area contributed by atoms with Crippen LogP contribution in [-0.4, -0.2) is 6.72 Å². The molecular weight excluding hydrogens is 213 g/mol. The molecule has 0 fully saturated rings. The fraction of sp³-hybridized carbons (Fsp3) is 0. The second-order valence-corrected chi connectivity index (χ2v) is 0.463. The summed E-state index contributed by atoms with van der Waals surface area (Å²) in [6.07, 6.45) is 0. The van der Waals surface area contributed by atoms with Gasteiger partial charge in [-0.25, -0.2) is 5.64 Å². The van der Waals surface area contributed by atoms with Crippen molar-refractivity contribution in [3.05, 3.63) is 5.21 Å². The molecule has 0 atom stereocenters. The van der Waals surface area contributed by atoms with Crippen molar-refractivity contribution in [1.29, 1.82) is 0 Å². The van der Waals surface area contributed by atoms with Crippen LogP contribution in [0.2, 0.25) is 0 Å². The maximum Gasteiger partial charge on any atom is 0.0132 e. The normalized spacial score (nSPS) is 6.43. The van der Waals surface area contributed by atoms with Crippen LogP contribution < -0.4 is 35.2 Å². The van der Waals surface area contributed by atoms with Crippen molar-refractivity contribution < 1.29 is 34.6 Å². The first kappa shape index (κ1) is 10.1. The smallest absolute Gasteiger partial charge is 0.0132 e. The second-order valence-electron chi connectivity index (χ2n) is 0.463. The first-order valence-corrected chi connectivity index (χ1v) is 1.22. The van der Waals surface area contributed by atoms with Gasteiger partial charge in [0, 0.05) is 6.72 Å². The summed E-state index contributed by atoms with van der Waals surface area (Å²) < 4.78 is 0. The Bertz CT molecular complexity index is 41.9. The van der Waals surface area contributed by atoms with E-state index in [4.69, 9.17) is 0 Å². The summed E-state index contributed by atoms with van der Waals surface area (Å²) in [6.45, 7) is 2.95. The van der Waals surface area contributed by atoms with E-state index in [-0.39, 0.29) is 29.6 Å². The second kappa shape index (κ2) is 9.43. The van der Waals surface area contributed by atoms with Crippen molar-refractivity contribution in [3.8, 4) is 0 Å². The number of nitrogens with two attached hydrogens (primary N) is 1. The van der Waals surface area contributed by atoms with Crippen LogP contribution in [0.1, 0.15) is 0 Å². The predicted molar refractivity (Wildman–Crippen MR) is 19.1 cm³/mol. The Kier molecular flexibility index (Phi) is 13.7. The minimum absolute atomic E-state index is 0. The SMILES string of the molecule is C=NNO[NH2+][O-].[I-]. The molecule has 0 spiro atoms. The lowest BCUT2D eigenvalue weighted by Crippen LogP contribution is -3.00. The Hall–Kier alpha value is 0.0800. The van der Waals surface area contributed by atoms with Gasteiger partial charge in [0.05, 0.1) is 0 Å². The van der Waals surface area contributed by atoms with Gasteiger partial charge in [-0.2, -0.15) is 5.10 Å². The number of quaternary nitrogens is 1. The Morgan fingerprint density at radius 1 is 1.86 bits per heavy atom. The van der Waals surface area contributed by atoms with E-state index in [1.54, 1.807) is 0 Å². The summed E-state index contributed by atoms with van der Waals surface area (Å²) in [4.78, 5) is 3.82. The number of hydrazone groups is 1. The molecule has 0 aliphatic carbocycles. The highest BCUT2D eigenvalue weighted by molar-refractivity contribution is 5.21. The predicted octanol–water partition coefficient (Wildman–Crippen LogP) is -4.90. The van der Waals surface area contributed by atoms with Crippen LogP contribution in [0.3, 0.4) is 0 Å². The zero-order chi connectivity index (χ0) is 4.83. The molecule has 0 saturated heterocycles. The van der Waals surface area contributed by atoms with Crippen molar-refractivity contribution in [2.45, 2.75) is 0 Å². The number of nitrogens with zero attached hydrogens (tertiary/aromatic N) is 1. The Morgan fingerprint density at radius 2 is 2.43 bits per heavy atom. The van der Waals surface area contributed by atoms with Crippen LogP contribution in [0.5, 0.6) is 0 Å². The molecule has 0 saturated carbocycles. The molecule has 0 aliphatic rings. The quantitative estimate of drug-likeness (QED) is 0.216. The molecule has 5 nitrogen and oxygen atoms in total. The van der Waals surface area contributed by atoms with Gasteiger partial charge in [-0.1, -0.05) is 4.94 Å². The van der Waals surface area contributed by atoms with Crippen LogP contribution in [0.15, 0.2) is 5.10 Å². The first-order chi connectivity index (χ1) is 2.91. The van der Waals surface area contributed by atoms with E-state index in [1.807, 2.05) is 5.59 Å². The molecule has 0 rings (SSSR count). The van der Waals surface area contributed by atoms with E-state index < -0.39 is 0 Å². The third kappa shape index (κ3) is 10.7. The Labute approximate surface area is 57.6 Å². The lowest BCUT2D eigenvalue weighted by atomic mass is 11.7. The van der Waals surface area contributed by atoms with Crippen LogP contribution >= 0.6 is 0 Å². The molecule has 0 bridgehead atoms. The van der Waals surface area contributed by atoms with Crippen molar-refractivity contribution in [2.75, 3.05) is 0 Å². The topological polar surface area (TPSA) is 73.3 Å². The molecule has 3 N–H and O–H groups in total. The molecule has 0 heterocycles. The lowest BCUT2D eigenvalue weighted by molar-refractivity contribution is -0.867. The summed E-state index contributed by atoms with van der Waals surface area (Å²) in [6, 6.07) is 0. The fourth-order valence-electron chi connectivity index (χ4n) is 0.0588. The van der Waals surface area contributed by atoms with E-state index in [0.29, 0.717) is 0 Å². The molecule has 0 amide bonds. The zero-order valence-electron chi connectivity index (χ0n) is 3.43. The molecule has 6 heteroatoms. The molecule has 0 aromatic heterocycles. The van der Waals surface area contributed by atoms with Gasteiger partial charge in [0.15, 0.2) is 0 Å². The number of halogens is 1. The highest BCUT2D eigenvalue weighted by Gasteiger charge is 1.61. The third-order valence-electron chi connectivity index (χ3n) is 0.165. The molecule has 0 aliphatic heterocycles. The van der Waals surface area contributed by atoms with Crippen LogP contribution in [-0.2, 0) is 4.94 Å². The monoisotopic (exact) mass is 218 g/mol. The summed E-state index contributed by atoms with van der Waals surface area (Å²) in [5.74, 6) is 0. The van der Waals surface area contributed by atoms with Gasteiger partial charge in [-0.15, -0.1) is 5.59 Å². The number of nitrogens with one attached hydrogen (secondary N) is 1. The first-order valence-electron chi connectivity index (χ1n) is 1.22. The van der Waals surface area contributed by atoms with Gasteiger partial charge in [0.1, 0.15) is 0 Å². The molecule has 0 aromatic rings. The average molecular weight is 218 g/mol. The number of rotatable bonds is 3. The van der Waals surface area contributed by atoms with Gasteiger partial charge in [-0.3, -0.25) is 0 Å². The van der Waals surface area contributed by atoms with Crippen molar-refractivity contribution in [2.24, 2.45) is 5.10 Å². The minimum atomic E-state index is 0. The fourth-order valence-corrected chi connectivity index (χ4v) is 0.0588. The van der Waals surface area contributed by atoms with Gasteiger partial charge in [0.25, 0.3) is 0 Å². The van der Waals surface area contributed by atoms with Gasteiger partial charge in [-0.05, 0) is 0 Å². The molecule has 0 unspecified atom stereocenters. The molecular formula is CH5IN3O2-. The van der Waals surface area contributed by atoms with Gasteiger partial charge >= 0.3 is 0 Å². The third-order valence-corrected chi connectivity index (χ3v) is 0.165. The lowest BCUT2D eigenvalue weighted by Gasteiger charge is -1.94. The average Bonchev–Trinajstić information content (AvgIpc) is 1.61. The zero-order valence-corrected chi connectivity index (χ0v) is 5.58. The van der Waals surface area contributed by atoms with Gasteiger partial charge < -0.3 is 29.2 Å². The molecule has 44 valence electrons. The van der Waals surface area contributed by atoms with E-state index in [9.17, 15) is 5.21 Å². The number of hydrogen-bond donors (Lipinski definition) is 2. The minimum Gasteiger partial charge on any atom is -1.00 e.